The van der Waals surface area contributed by atoms with Crippen molar-refractivity contribution in [1.82, 2.24) is 0 Å². The minimum atomic E-state index is -0.440. The summed E-state index contributed by atoms with van der Waals surface area (Å²) < 4.78 is 18.7. The van der Waals surface area contributed by atoms with Gasteiger partial charge in [0, 0.05) is 11.7 Å². The average Bonchev–Trinajstić information content (AvgIpc) is 2.54. The van der Waals surface area contributed by atoms with E-state index in [-0.39, 0.29) is 24.1 Å². The number of hydrogen-bond acceptors (Lipinski definition) is 2. The van der Waals surface area contributed by atoms with Crippen LogP contribution in [0.4, 0.5) is 10.1 Å². The predicted octanol–water partition coefficient (Wildman–Crippen LogP) is 3.74. The van der Waals surface area contributed by atoms with Gasteiger partial charge in [-0.05, 0) is 49.1 Å². The fraction of sp³-hybridized carbons (Fsp3) is 0.316. The number of halogens is 1. The van der Waals surface area contributed by atoms with Crippen LogP contribution >= 0.6 is 0 Å². The van der Waals surface area contributed by atoms with Gasteiger partial charge < -0.3 is 9.64 Å². The quantitative estimate of drug-likeness (QED) is 0.864. The maximum absolute atomic E-state index is 13.8. The number of carbonyl (C=O) groups is 1. The Bertz CT molecular complexity index is 729. The Hall–Kier alpha value is -2.36. The van der Waals surface area contributed by atoms with E-state index in [0.29, 0.717) is 5.56 Å². The number of ether oxygens (including phenoxy) is 1. The fourth-order valence-corrected chi connectivity index (χ4v) is 3.15. The van der Waals surface area contributed by atoms with Crippen LogP contribution in [-0.2, 0) is 17.6 Å². The fourth-order valence-electron chi connectivity index (χ4n) is 3.15. The highest BCUT2D eigenvalue weighted by molar-refractivity contribution is 5.96. The smallest absolute Gasteiger partial charge is 0.231 e. The molecule has 0 aromatic heterocycles. The van der Waals surface area contributed by atoms with Crippen LogP contribution in [0.15, 0.2) is 42.5 Å². The van der Waals surface area contributed by atoms with Crippen LogP contribution in [0, 0.1) is 5.82 Å². The Balaban J connectivity index is 1.84. The summed E-state index contributed by atoms with van der Waals surface area (Å²) in [6.07, 6.45) is 2.11. The highest BCUT2D eigenvalue weighted by Crippen LogP contribution is 2.31. The first-order valence-corrected chi connectivity index (χ1v) is 7.82. The minimum absolute atomic E-state index is 0.00535. The molecule has 1 heterocycles. The summed E-state index contributed by atoms with van der Waals surface area (Å²) in [6.45, 7) is 2.06. The normalized spacial score (nSPS) is 16.8. The number of methoxy groups -OCH3 is 1. The van der Waals surface area contributed by atoms with E-state index in [1.807, 2.05) is 23.1 Å². The largest absolute Gasteiger partial charge is 0.494 e. The topological polar surface area (TPSA) is 29.5 Å². The maximum atomic E-state index is 13.8. The molecule has 0 radical (unpaired) electrons. The molecule has 120 valence electrons. The Morgan fingerprint density at radius 3 is 2.83 bits per heavy atom. The molecule has 3 nitrogen and oxygen atoms in total. The first-order chi connectivity index (χ1) is 11.1. The second-order valence-corrected chi connectivity index (χ2v) is 5.93. The third-order valence-corrected chi connectivity index (χ3v) is 4.36. The van der Waals surface area contributed by atoms with E-state index in [0.717, 1.165) is 18.5 Å². The second kappa shape index (κ2) is 6.41. The Kier molecular flexibility index (Phi) is 4.33. The van der Waals surface area contributed by atoms with Crippen LogP contribution in [0.2, 0.25) is 0 Å². The zero-order valence-corrected chi connectivity index (χ0v) is 13.4. The van der Waals surface area contributed by atoms with Crippen LogP contribution in [0.3, 0.4) is 0 Å². The SMILES string of the molecule is COc1ccc(CC(=O)N2c3ccccc3CCC2C)cc1F. The molecule has 1 unspecified atom stereocenters. The number of nitrogens with zero attached hydrogens (tertiary/aromatic N) is 1. The van der Waals surface area contributed by atoms with Crippen LogP contribution in [0.25, 0.3) is 0 Å². The molecule has 0 bridgehead atoms. The average molecular weight is 313 g/mol. The summed E-state index contributed by atoms with van der Waals surface area (Å²) in [6, 6.07) is 12.8. The second-order valence-electron chi connectivity index (χ2n) is 5.93. The van der Waals surface area contributed by atoms with Gasteiger partial charge in [-0.1, -0.05) is 24.3 Å². The van der Waals surface area contributed by atoms with Gasteiger partial charge in [-0.15, -0.1) is 0 Å². The number of rotatable bonds is 3. The maximum Gasteiger partial charge on any atom is 0.231 e. The van der Waals surface area contributed by atoms with Crippen LogP contribution in [0.1, 0.15) is 24.5 Å². The van der Waals surface area contributed by atoms with E-state index in [4.69, 9.17) is 4.74 Å². The first-order valence-electron chi connectivity index (χ1n) is 7.82. The molecule has 4 heteroatoms. The third-order valence-electron chi connectivity index (χ3n) is 4.36. The van der Waals surface area contributed by atoms with Crippen molar-refractivity contribution in [3.8, 4) is 5.75 Å². The number of amides is 1. The van der Waals surface area contributed by atoms with Gasteiger partial charge in [0.05, 0.1) is 13.5 Å². The molecule has 0 spiro atoms. The molecule has 0 saturated heterocycles. The van der Waals surface area contributed by atoms with E-state index in [1.165, 1.54) is 18.7 Å². The zero-order chi connectivity index (χ0) is 16.4. The molecule has 2 aromatic carbocycles. The zero-order valence-electron chi connectivity index (χ0n) is 13.4. The lowest BCUT2D eigenvalue weighted by atomic mass is 9.96. The molecular weight excluding hydrogens is 293 g/mol. The van der Waals surface area contributed by atoms with Crippen molar-refractivity contribution < 1.29 is 13.9 Å². The van der Waals surface area contributed by atoms with Crippen molar-refractivity contribution in [2.45, 2.75) is 32.2 Å². The van der Waals surface area contributed by atoms with Crippen molar-refractivity contribution in [2.24, 2.45) is 0 Å². The molecule has 1 aliphatic heterocycles. The predicted molar refractivity (Wildman–Crippen MR) is 88.4 cm³/mol. The number of benzene rings is 2. The number of para-hydroxylation sites is 1. The van der Waals surface area contributed by atoms with Crippen LogP contribution in [-0.4, -0.2) is 19.1 Å². The van der Waals surface area contributed by atoms with E-state index < -0.39 is 5.82 Å². The summed E-state index contributed by atoms with van der Waals surface area (Å²) in [4.78, 5) is 14.6. The lowest BCUT2D eigenvalue weighted by molar-refractivity contribution is -0.118. The minimum Gasteiger partial charge on any atom is -0.494 e. The third kappa shape index (κ3) is 3.07. The number of anilines is 1. The Morgan fingerprint density at radius 1 is 1.30 bits per heavy atom. The molecule has 0 aliphatic carbocycles. The molecule has 1 amide bonds. The van der Waals surface area contributed by atoms with Gasteiger partial charge in [0.15, 0.2) is 11.6 Å². The van der Waals surface area contributed by atoms with Crippen molar-refractivity contribution in [1.29, 1.82) is 0 Å². The van der Waals surface area contributed by atoms with Gasteiger partial charge in [-0.25, -0.2) is 4.39 Å². The summed E-state index contributed by atoms with van der Waals surface area (Å²) in [5, 5.41) is 0. The summed E-state index contributed by atoms with van der Waals surface area (Å²) in [5.41, 5.74) is 2.83. The van der Waals surface area contributed by atoms with E-state index in [2.05, 4.69) is 13.0 Å². The number of carbonyl (C=O) groups excluding carboxylic acids is 1. The standard InChI is InChI=1S/C19H20FNO2/c1-13-7-9-15-5-3-4-6-17(15)21(13)19(22)12-14-8-10-18(23-2)16(20)11-14/h3-6,8,10-11,13H,7,9,12H2,1-2H3. The molecule has 1 aliphatic rings. The number of fused-ring (bicyclic) bond motifs is 1. The van der Waals surface area contributed by atoms with Gasteiger partial charge in [0.2, 0.25) is 5.91 Å². The van der Waals surface area contributed by atoms with Crippen molar-refractivity contribution in [3.63, 3.8) is 0 Å². The molecule has 0 N–H and O–H groups in total. The molecular formula is C19H20FNO2. The van der Waals surface area contributed by atoms with Crippen molar-refractivity contribution in [3.05, 3.63) is 59.4 Å². The van der Waals surface area contributed by atoms with Crippen LogP contribution < -0.4 is 9.64 Å². The van der Waals surface area contributed by atoms with E-state index in [1.54, 1.807) is 12.1 Å². The monoisotopic (exact) mass is 313 g/mol. The van der Waals surface area contributed by atoms with Gasteiger partial charge in [0.1, 0.15) is 0 Å². The molecule has 2 aromatic rings. The van der Waals surface area contributed by atoms with Gasteiger partial charge in [-0.3, -0.25) is 4.79 Å². The number of hydrogen-bond donors (Lipinski definition) is 0. The molecule has 1 atom stereocenters. The Morgan fingerprint density at radius 2 is 2.09 bits per heavy atom. The highest BCUT2D eigenvalue weighted by Gasteiger charge is 2.27. The molecule has 3 rings (SSSR count). The van der Waals surface area contributed by atoms with Gasteiger partial charge in [-0.2, -0.15) is 0 Å². The van der Waals surface area contributed by atoms with Crippen LogP contribution in [0.5, 0.6) is 5.75 Å². The molecule has 0 fully saturated rings. The lowest BCUT2D eigenvalue weighted by Crippen LogP contribution is -2.42. The lowest BCUT2D eigenvalue weighted by Gasteiger charge is -2.35. The molecule has 23 heavy (non-hydrogen) atoms. The van der Waals surface area contributed by atoms with Gasteiger partial charge in [0.25, 0.3) is 0 Å². The summed E-state index contributed by atoms with van der Waals surface area (Å²) >= 11 is 0. The molecule has 0 saturated carbocycles. The first kappa shape index (κ1) is 15.5. The summed E-state index contributed by atoms with van der Waals surface area (Å²) in [5.74, 6) is -0.253. The van der Waals surface area contributed by atoms with E-state index >= 15 is 0 Å². The van der Waals surface area contributed by atoms with Crippen molar-refractivity contribution in [2.75, 3.05) is 12.0 Å². The van der Waals surface area contributed by atoms with E-state index in [9.17, 15) is 9.18 Å². The van der Waals surface area contributed by atoms with Gasteiger partial charge >= 0.3 is 0 Å². The highest BCUT2D eigenvalue weighted by atomic mass is 19.1. The summed E-state index contributed by atoms with van der Waals surface area (Å²) in [7, 11) is 1.43. The van der Waals surface area contributed by atoms with Crippen molar-refractivity contribution >= 4 is 11.6 Å². The number of aryl methyl sites for hydroxylation is 1. The Labute approximate surface area is 135 Å².